The number of rotatable bonds is 13. The molecule has 56 heavy (non-hydrogen) atoms. The summed E-state index contributed by atoms with van der Waals surface area (Å²) in [4.78, 5) is 49.8. The summed E-state index contributed by atoms with van der Waals surface area (Å²) in [5, 5.41) is 22.5. The van der Waals surface area contributed by atoms with Crippen LogP contribution in [0.15, 0.2) is 120 Å². The second-order valence-corrected chi connectivity index (χ2v) is 14.9. The Bertz CT molecular complexity index is 2230. The van der Waals surface area contributed by atoms with Gasteiger partial charge < -0.3 is 25.9 Å². The number of alkyl halides is 2. The lowest BCUT2D eigenvalue weighted by Gasteiger charge is -2.49. The molecular formula is C38H34F2N9O5S2+. The van der Waals surface area contributed by atoms with Crippen LogP contribution in [0.25, 0.3) is 0 Å². The van der Waals surface area contributed by atoms with E-state index in [1.54, 1.807) is 0 Å². The minimum absolute atomic E-state index is 0.151. The van der Waals surface area contributed by atoms with Crippen LogP contribution in [0.5, 0.6) is 0 Å². The molecule has 2 amide bonds. The lowest BCUT2D eigenvalue weighted by Crippen LogP contribution is -2.71. The fourth-order valence-corrected chi connectivity index (χ4v) is 9.20. The third-order valence-corrected chi connectivity index (χ3v) is 11.7. The number of fused-ring (bicyclic) bond motifs is 2. The Morgan fingerprint density at radius 1 is 1.02 bits per heavy atom. The van der Waals surface area contributed by atoms with Crippen molar-refractivity contribution < 1.29 is 37.8 Å². The van der Waals surface area contributed by atoms with E-state index in [0.717, 1.165) is 58.5 Å². The van der Waals surface area contributed by atoms with Gasteiger partial charge in [-0.1, -0.05) is 96.2 Å². The number of carboxylic acid groups (broad SMARTS) is 1. The molecule has 1 saturated heterocycles. The normalized spacial score (nSPS) is 18.1. The summed E-state index contributed by atoms with van der Waals surface area (Å²) in [5.74, 6) is -2.13. The Kier molecular flexibility index (Phi) is 10.2. The number of β-lactam (4-membered cyclic amide) rings is 1. The van der Waals surface area contributed by atoms with Gasteiger partial charge in [0, 0.05) is 29.4 Å². The van der Waals surface area contributed by atoms with E-state index in [2.05, 4.69) is 35.3 Å². The second-order valence-electron chi connectivity index (χ2n) is 13.0. The number of anilines is 2. The van der Waals surface area contributed by atoms with Gasteiger partial charge in [0.05, 0.1) is 12.6 Å². The molecule has 1 fully saturated rings. The molecule has 2 atom stereocenters. The van der Waals surface area contributed by atoms with Crippen molar-refractivity contribution in [2.24, 2.45) is 5.16 Å². The highest BCUT2D eigenvalue weighted by Crippen LogP contribution is 2.42. The summed E-state index contributed by atoms with van der Waals surface area (Å²) < 4.78 is 34.9. The van der Waals surface area contributed by atoms with Crippen LogP contribution in [0.4, 0.5) is 19.7 Å². The molecule has 4 N–H and O–H groups in total. The number of hydrogen-bond donors (Lipinski definition) is 4. The molecular weight excluding hydrogens is 765 g/mol. The molecule has 8 rings (SSSR count). The van der Waals surface area contributed by atoms with Crippen molar-refractivity contribution >= 4 is 57.7 Å². The highest BCUT2D eigenvalue weighted by molar-refractivity contribution is 8.00. The van der Waals surface area contributed by atoms with Crippen LogP contribution in [0.2, 0.25) is 0 Å². The maximum absolute atomic E-state index is 13.8. The van der Waals surface area contributed by atoms with Crippen molar-refractivity contribution in [3.05, 3.63) is 137 Å². The van der Waals surface area contributed by atoms with E-state index >= 15 is 0 Å². The van der Waals surface area contributed by atoms with Gasteiger partial charge in [0.15, 0.2) is 18.6 Å². The number of thioether (sulfide) groups is 1. The summed E-state index contributed by atoms with van der Waals surface area (Å²) in [6, 6.07) is 29.7. The first-order valence-electron chi connectivity index (χ1n) is 17.6. The summed E-state index contributed by atoms with van der Waals surface area (Å²) in [6.07, 6.45) is 2.77. The van der Waals surface area contributed by atoms with Crippen LogP contribution in [-0.4, -0.2) is 77.9 Å². The average Bonchev–Trinajstić information content (AvgIpc) is 3.86. The molecule has 0 aliphatic carbocycles. The van der Waals surface area contributed by atoms with Crippen LogP contribution in [0, 0.1) is 0 Å². The number of oxime groups is 1. The van der Waals surface area contributed by atoms with Crippen LogP contribution in [0.3, 0.4) is 0 Å². The predicted octanol–water partition coefficient (Wildman–Crippen LogP) is 4.23. The molecule has 286 valence electrons. The molecule has 2 aromatic heterocycles. The van der Waals surface area contributed by atoms with Crippen LogP contribution < -0.4 is 20.6 Å². The number of aromatic nitrogens is 4. The first kappa shape index (κ1) is 36.8. The number of carboxylic acids is 1. The minimum Gasteiger partial charge on any atom is -0.477 e. The van der Waals surface area contributed by atoms with E-state index in [0.29, 0.717) is 5.57 Å². The molecule has 3 aliphatic rings. The number of hydrogen-bond acceptors (Lipinski definition) is 11. The smallest absolute Gasteiger partial charge is 0.407 e. The van der Waals surface area contributed by atoms with Crippen LogP contribution in [0.1, 0.15) is 28.9 Å². The third-order valence-electron chi connectivity index (χ3n) is 9.73. The molecule has 5 aromatic rings. The fourth-order valence-electron chi connectivity index (χ4n) is 7.24. The number of halogens is 2. The van der Waals surface area contributed by atoms with Gasteiger partial charge in [-0.05, 0) is 23.1 Å². The van der Waals surface area contributed by atoms with Gasteiger partial charge in [-0.25, -0.2) is 4.79 Å². The summed E-state index contributed by atoms with van der Waals surface area (Å²) >= 11 is 2.16. The Labute approximate surface area is 327 Å². The van der Waals surface area contributed by atoms with Gasteiger partial charge in [0.2, 0.25) is 16.7 Å². The predicted molar refractivity (Wildman–Crippen MR) is 204 cm³/mol. The van der Waals surface area contributed by atoms with Gasteiger partial charge in [0.1, 0.15) is 22.7 Å². The van der Waals surface area contributed by atoms with E-state index in [1.165, 1.54) is 11.8 Å². The molecule has 5 heterocycles. The van der Waals surface area contributed by atoms with E-state index in [4.69, 9.17) is 0 Å². The van der Waals surface area contributed by atoms with Crippen molar-refractivity contribution in [1.82, 2.24) is 24.3 Å². The highest BCUT2D eigenvalue weighted by atomic mass is 32.2. The Hall–Kier alpha value is -6.14. The number of aliphatic carboxylic acids is 1. The zero-order valence-electron chi connectivity index (χ0n) is 29.4. The number of amides is 2. The molecule has 0 spiro atoms. The van der Waals surface area contributed by atoms with Gasteiger partial charge in [-0.2, -0.15) is 18.1 Å². The highest BCUT2D eigenvalue weighted by Gasteiger charge is 2.55. The minimum atomic E-state index is -3.37. The van der Waals surface area contributed by atoms with Gasteiger partial charge >= 0.3 is 12.6 Å². The van der Waals surface area contributed by atoms with E-state index < -0.39 is 47.1 Å². The Morgan fingerprint density at radius 3 is 2.27 bits per heavy atom. The molecule has 3 aromatic carbocycles. The van der Waals surface area contributed by atoms with E-state index in [1.807, 2.05) is 113 Å². The first-order chi connectivity index (χ1) is 27.2. The van der Waals surface area contributed by atoms with Crippen molar-refractivity contribution in [2.45, 2.75) is 43.1 Å². The molecule has 0 unspecified atom stereocenters. The average molecular weight is 799 g/mol. The zero-order valence-corrected chi connectivity index (χ0v) is 31.1. The zero-order chi connectivity index (χ0) is 38.8. The summed E-state index contributed by atoms with van der Waals surface area (Å²) in [5.41, 5.74) is 1.27. The lowest BCUT2D eigenvalue weighted by molar-refractivity contribution is -0.768. The maximum Gasteiger partial charge on any atom is 0.407 e. The summed E-state index contributed by atoms with van der Waals surface area (Å²) in [7, 11) is 0. The SMILES string of the molecule is O=C(O)C1=C(C[n+]2ccc3n2CCCN3)CS[C@@H]2[C@H](NC(=O)C(=NOC(F)F)c3nsc(NC(c4ccccc4)(c4ccccc4)c4ccccc4)n3)C(=O)N12. The van der Waals surface area contributed by atoms with E-state index in [9.17, 15) is 28.3 Å². The lowest BCUT2D eigenvalue weighted by atomic mass is 9.77. The van der Waals surface area contributed by atoms with Crippen molar-refractivity contribution in [2.75, 3.05) is 22.9 Å². The molecule has 18 heteroatoms. The monoisotopic (exact) mass is 798 g/mol. The maximum atomic E-state index is 13.8. The molecule has 14 nitrogen and oxygen atoms in total. The second kappa shape index (κ2) is 15.5. The largest absolute Gasteiger partial charge is 0.477 e. The quantitative estimate of drug-likeness (QED) is 0.0446. The standard InChI is InChI=1S/C38H33F2N9O5S2/c39-36(40)54-45-28(31-43-37(56-46-31)44-38(24-11-4-1-5-12-24,25-13-6-2-7-14-25)26-15-8-3-9-16-26)32(50)42-29-33(51)49-30(35(52)53)23(22-55-34(29)49)21-47-20-17-27-41-18-10-19-48(27)47/h1-9,11-17,20,29,34,36H,10,18-19,21-22H2,(H3,42,43,44,46,50,52,53)/p+1/t29-,34-/m1/s1. The molecule has 0 saturated carbocycles. The molecule has 0 bridgehead atoms. The molecule has 0 radical (unpaired) electrons. The Balaban J connectivity index is 1.06. The van der Waals surface area contributed by atoms with Gasteiger partial charge in [-0.3, -0.25) is 14.5 Å². The number of carbonyl (C=O) groups excluding carboxylic acids is 2. The number of nitrogens with one attached hydrogen (secondary N) is 3. The van der Waals surface area contributed by atoms with E-state index in [-0.39, 0.29) is 29.0 Å². The summed E-state index contributed by atoms with van der Waals surface area (Å²) in [6.45, 7) is -1.52. The van der Waals surface area contributed by atoms with Crippen molar-refractivity contribution in [3.63, 3.8) is 0 Å². The van der Waals surface area contributed by atoms with Crippen LogP contribution >= 0.6 is 23.3 Å². The number of nitrogens with zero attached hydrogens (tertiary/aromatic N) is 6. The number of carbonyl (C=O) groups is 3. The third kappa shape index (κ3) is 6.85. The molecule has 3 aliphatic heterocycles. The van der Waals surface area contributed by atoms with Crippen LogP contribution in [-0.2, 0) is 37.8 Å². The topological polar surface area (TPSA) is 167 Å². The van der Waals surface area contributed by atoms with Crippen molar-refractivity contribution in [1.29, 1.82) is 0 Å². The van der Waals surface area contributed by atoms with Crippen molar-refractivity contribution in [3.8, 4) is 0 Å². The first-order valence-corrected chi connectivity index (χ1v) is 19.4. The van der Waals surface area contributed by atoms with Gasteiger partial charge in [-0.15, -0.1) is 21.1 Å². The fraction of sp³-hybridized carbons (Fsp3) is 0.237. The number of benzene rings is 3. The van der Waals surface area contributed by atoms with Gasteiger partial charge in [0.25, 0.3) is 11.8 Å². The Morgan fingerprint density at radius 2 is 1.66 bits per heavy atom.